The Bertz CT molecular complexity index is 1020. The van der Waals surface area contributed by atoms with Crippen molar-refractivity contribution in [2.24, 2.45) is 0 Å². The number of nitrogens with one attached hydrogen (secondary N) is 1. The highest BCUT2D eigenvalue weighted by Gasteiger charge is 2.21. The monoisotopic (exact) mass is 361 g/mol. The summed E-state index contributed by atoms with van der Waals surface area (Å²) in [6.45, 7) is -0.167. The van der Waals surface area contributed by atoms with Crippen molar-refractivity contribution in [1.82, 2.24) is 4.98 Å². The first-order valence-electron chi connectivity index (χ1n) is 8.24. The van der Waals surface area contributed by atoms with Crippen LogP contribution >= 0.6 is 11.3 Å². The number of aromatic nitrogens is 1. The van der Waals surface area contributed by atoms with Crippen molar-refractivity contribution in [1.29, 1.82) is 5.26 Å². The summed E-state index contributed by atoms with van der Waals surface area (Å²) in [7, 11) is 0. The number of nitrogens with zero attached hydrogens (tertiary/aromatic N) is 2. The van der Waals surface area contributed by atoms with Crippen molar-refractivity contribution in [2.75, 3.05) is 11.9 Å². The molecule has 0 radical (unpaired) electrons. The van der Waals surface area contributed by atoms with Gasteiger partial charge in [0.25, 0.3) is 5.91 Å². The predicted octanol–water partition coefficient (Wildman–Crippen LogP) is 3.80. The highest BCUT2D eigenvalue weighted by atomic mass is 32.1. The quantitative estimate of drug-likeness (QED) is 0.767. The number of carbonyl (C=O) groups is 1. The Morgan fingerprint density at radius 3 is 2.88 bits per heavy atom. The molecule has 0 fully saturated rings. The lowest BCUT2D eigenvalue weighted by atomic mass is 9.94. The van der Waals surface area contributed by atoms with E-state index in [1.165, 1.54) is 21.8 Å². The number of rotatable bonds is 4. The van der Waals surface area contributed by atoms with Crippen LogP contribution in [0.4, 0.5) is 5.13 Å². The van der Waals surface area contributed by atoms with E-state index in [-0.39, 0.29) is 12.5 Å². The fourth-order valence-electron chi connectivity index (χ4n) is 2.99. The molecule has 1 aromatic heterocycles. The van der Waals surface area contributed by atoms with Gasteiger partial charge in [0.05, 0.1) is 11.3 Å². The van der Waals surface area contributed by atoms with Crippen molar-refractivity contribution < 1.29 is 9.53 Å². The number of fused-ring (bicyclic) bond motifs is 3. The third-order valence-corrected chi connectivity index (χ3v) is 5.23. The van der Waals surface area contributed by atoms with Gasteiger partial charge in [-0.2, -0.15) is 5.26 Å². The Morgan fingerprint density at radius 1 is 1.19 bits per heavy atom. The first-order chi connectivity index (χ1) is 12.7. The van der Waals surface area contributed by atoms with Crippen molar-refractivity contribution in [2.45, 2.75) is 12.8 Å². The molecule has 4 rings (SSSR count). The van der Waals surface area contributed by atoms with Crippen LogP contribution in [0, 0.1) is 11.3 Å². The lowest BCUT2D eigenvalue weighted by Crippen LogP contribution is -2.20. The van der Waals surface area contributed by atoms with Gasteiger partial charge in [0.15, 0.2) is 11.7 Å². The van der Waals surface area contributed by atoms with Gasteiger partial charge in [-0.05, 0) is 30.5 Å². The van der Waals surface area contributed by atoms with E-state index in [9.17, 15) is 4.79 Å². The lowest BCUT2D eigenvalue weighted by Gasteiger charge is -2.13. The van der Waals surface area contributed by atoms with Crippen LogP contribution in [0.5, 0.6) is 5.75 Å². The number of ether oxygens (including phenoxy) is 1. The largest absolute Gasteiger partial charge is 0.482 e. The van der Waals surface area contributed by atoms with E-state index < -0.39 is 0 Å². The third-order valence-electron chi connectivity index (χ3n) is 4.20. The van der Waals surface area contributed by atoms with Gasteiger partial charge in [-0.1, -0.05) is 36.4 Å². The number of carbonyl (C=O) groups excluding carboxylic acids is 1. The predicted molar refractivity (Wildman–Crippen MR) is 100 cm³/mol. The van der Waals surface area contributed by atoms with Crippen LogP contribution in [0.25, 0.3) is 11.3 Å². The van der Waals surface area contributed by atoms with E-state index in [2.05, 4.69) is 22.4 Å². The second-order valence-electron chi connectivity index (χ2n) is 5.89. The third kappa shape index (κ3) is 3.17. The number of hydrogen-bond acceptors (Lipinski definition) is 5. The van der Waals surface area contributed by atoms with Crippen LogP contribution in [-0.4, -0.2) is 17.5 Å². The van der Waals surface area contributed by atoms with E-state index >= 15 is 0 Å². The molecule has 26 heavy (non-hydrogen) atoms. The van der Waals surface area contributed by atoms with E-state index in [0.29, 0.717) is 16.4 Å². The van der Waals surface area contributed by atoms with Gasteiger partial charge in [0.2, 0.25) is 0 Å². The second-order valence-corrected chi connectivity index (χ2v) is 6.98. The van der Waals surface area contributed by atoms with Gasteiger partial charge in [0.1, 0.15) is 11.8 Å². The van der Waals surface area contributed by atoms with Gasteiger partial charge in [-0.15, -0.1) is 11.3 Å². The molecular formula is C20H15N3O2S. The van der Waals surface area contributed by atoms with Crippen LogP contribution in [0.1, 0.15) is 16.0 Å². The van der Waals surface area contributed by atoms with Crippen molar-refractivity contribution >= 4 is 22.4 Å². The second kappa shape index (κ2) is 6.98. The summed E-state index contributed by atoms with van der Waals surface area (Å²) >= 11 is 1.51. The van der Waals surface area contributed by atoms with Crippen molar-refractivity contribution in [3.63, 3.8) is 0 Å². The zero-order valence-corrected chi connectivity index (χ0v) is 14.7. The van der Waals surface area contributed by atoms with Gasteiger partial charge in [-0.3, -0.25) is 10.1 Å². The highest BCUT2D eigenvalue weighted by molar-refractivity contribution is 7.16. The molecule has 1 amide bonds. The molecule has 5 nitrogen and oxygen atoms in total. The first kappa shape index (κ1) is 16.3. The minimum Gasteiger partial charge on any atom is -0.482 e. The number of amides is 1. The fourth-order valence-corrected chi connectivity index (χ4v) is 3.98. The highest BCUT2D eigenvalue weighted by Crippen LogP contribution is 2.37. The summed E-state index contributed by atoms with van der Waals surface area (Å²) < 4.78 is 5.46. The Morgan fingerprint density at radius 2 is 2.00 bits per heavy atom. The number of para-hydroxylation sites is 1. The summed E-state index contributed by atoms with van der Waals surface area (Å²) in [6, 6.07) is 17.1. The van der Waals surface area contributed by atoms with Crippen molar-refractivity contribution in [3.05, 3.63) is 64.5 Å². The molecule has 1 aliphatic rings. The standard InChI is InChI=1S/C20H15N3O2S/c21-11-14-6-2-4-8-16(14)25-12-18(24)22-20-23-19-15-7-3-1-5-13(15)9-10-17(19)26-20/h1-8H,9-10,12H2,(H,22,23,24). The molecule has 0 atom stereocenters. The maximum absolute atomic E-state index is 12.2. The number of anilines is 1. The fraction of sp³-hybridized carbons (Fsp3) is 0.150. The summed E-state index contributed by atoms with van der Waals surface area (Å²) in [5, 5.41) is 12.4. The molecule has 1 N–H and O–H groups in total. The number of hydrogen-bond donors (Lipinski definition) is 1. The van der Waals surface area contributed by atoms with Crippen LogP contribution < -0.4 is 10.1 Å². The van der Waals surface area contributed by atoms with E-state index in [1.807, 2.05) is 18.2 Å². The molecule has 1 aliphatic carbocycles. The summed E-state index contributed by atoms with van der Waals surface area (Å²) in [5.41, 5.74) is 3.80. The number of benzene rings is 2. The van der Waals surface area contributed by atoms with Gasteiger partial charge in [0, 0.05) is 10.4 Å². The van der Waals surface area contributed by atoms with Gasteiger partial charge in [-0.25, -0.2) is 4.98 Å². The van der Waals surface area contributed by atoms with E-state index in [1.54, 1.807) is 24.3 Å². The molecule has 6 heteroatoms. The number of thiazole rings is 1. The van der Waals surface area contributed by atoms with Crippen LogP contribution in [0.2, 0.25) is 0 Å². The smallest absolute Gasteiger partial charge is 0.264 e. The topological polar surface area (TPSA) is 75.0 Å². The average molecular weight is 361 g/mol. The van der Waals surface area contributed by atoms with E-state index in [4.69, 9.17) is 10.00 Å². The molecular weight excluding hydrogens is 346 g/mol. The zero-order valence-electron chi connectivity index (χ0n) is 13.9. The summed E-state index contributed by atoms with van der Waals surface area (Å²) in [6.07, 6.45) is 1.93. The lowest BCUT2D eigenvalue weighted by molar-refractivity contribution is -0.118. The van der Waals surface area contributed by atoms with E-state index in [0.717, 1.165) is 24.1 Å². The van der Waals surface area contributed by atoms with Crippen LogP contribution in [0.3, 0.4) is 0 Å². The minimum absolute atomic E-state index is 0.167. The Labute approximate surface area is 154 Å². The molecule has 3 aromatic rings. The normalized spacial score (nSPS) is 11.8. The zero-order chi connectivity index (χ0) is 17.9. The van der Waals surface area contributed by atoms with Gasteiger partial charge < -0.3 is 4.74 Å². The maximum Gasteiger partial charge on any atom is 0.264 e. The van der Waals surface area contributed by atoms with Crippen LogP contribution in [-0.2, 0) is 17.6 Å². The molecule has 1 heterocycles. The molecule has 0 saturated heterocycles. The molecule has 0 aliphatic heterocycles. The molecule has 0 bridgehead atoms. The maximum atomic E-state index is 12.2. The number of aryl methyl sites for hydroxylation is 2. The minimum atomic E-state index is -0.294. The molecule has 0 unspecified atom stereocenters. The Hall–Kier alpha value is -3.17. The molecule has 0 saturated carbocycles. The SMILES string of the molecule is N#Cc1ccccc1OCC(=O)Nc1nc2c(s1)CCc1ccccc1-2. The van der Waals surface area contributed by atoms with Gasteiger partial charge >= 0.3 is 0 Å². The number of nitriles is 1. The Kier molecular flexibility index (Phi) is 4.38. The summed E-state index contributed by atoms with van der Waals surface area (Å²) in [5.74, 6) is 0.106. The van der Waals surface area contributed by atoms with Crippen LogP contribution in [0.15, 0.2) is 48.5 Å². The first-order valence-corrected chi connectivity index (χ1v) is 9.06. The Balaban J connectivity index is 1.45. The molecule has 0 spiro atoms. The molecule has 2 aromatic carbocycles. The molecule has 128 valence electrons. The van der Waals surface area contributed by atoms with Crippen molar-refractivity contribution in [3.8, 4) is 23.1 Å². The summed E-state index contributed by atoms with van der Waals surface area (Å²) in [4.78, 5) is 18.0. The average Bonchev–Trinajstić information content (AvgIpc) is 3.09.